The lowest BCUT2D eigenvalue weighted by atomic mass is 10.0. The van der Waals surface area contributed by atoms with E-state index in [0.717, 1.165) is 5.56 Å². The number of aliphatic hydroxyl groups is 2. The van der Waals surface area contributed by atoms with Gasteiger partial charge >= 0.3 is 5.97 Å². The van der Waals surface area contributed by atoms with Crippen LogP contribution in [0.4, 0.5) is 0 Å². The van der Waals surface area contributed by atoms with Crippen molar-refractivity contribution in [3.8, 4) is 5.75 Å². The first kappa shape index (κ1) is 88.6. The van der Waals surface area contributed by atoms with Crippen molar-refractivity contribution < 1.29 is 92.3 Å². The minimum Gasteiger partial charge on any atom is -0.508 e. The number of nitrogens with two attached hydrogens (primary N) is 2. The molecule has 624 valence electrons. The summed E-state index contributed by atoms with van der Waals surface area (Å²) in [6.07, 6.45) is 9.75. The van der Waals surface area contributed by atoms with Crippen molar-refractivity contribution >= 4 is 88.7 Å². The molecule has 14 amide bonds. The van der Waals surface area contributed by atoms with Gasteiger partial charge in [0.15, 0.2) is 0 Å². The molecule has 0 spiro atoms. The first-order valence-electron chi connectivity index (χ1n) is 37.6. The van der Waals surface area contributed by atoms with Crippen molar-refractivity contribution in [2.45, 2.75) is 183 Å². The third-order valence-electron chi connectivity index (χ3n) is 19.2. The number of likely N-dealkylation sites (tertiary alicyclic amines) is 2. The van der Waals surface area contributed by atoms with E-state index in [9.17, 15) is 87.5 Å². The van der Waals surface area contributed by atoms with Crippen LogP contribution in [0.25, 0.3) is 0 Å². The molecule has 116 heavy (non-hydrogen) atoms. The normalized spacial score (nSPS) is 16.7. The number of carbonyl (C=O) groups is 15. The smallest absolute Gasteiger partial charge is 0.326 e. The van der Waals surface area contributed by atoms with E-state index < -0.39 is 200 Å². The van der Waals surface area contributed by atoms with Crippen LogP contribution in [0.1, 0.15) is 99.6 Å². The number of phenols is 1. The van der Waals surface area contributed by atoms with Crippen molar-refractivity contribution in [1.82, 2.24) is 108 Å². The molecule has 0 saturated carbocycles. The van der Waals surface area contributed by atoms with Crippen molar-refractivity contribution in [1.29, 1.82) is 0 Å². The molecule has 2 aromatic carbocycles. The Labute approximate surface area is 664 Å². The molecule has 0 aliphatic carbocycles. The van der Waals surface area contributed by atoms with Crippen molar-refractivity contribution in [3.63, 3.8) is 0 Å². The lowest BCUT2D eigenvalue weighted by Gasteiger charge is -2.32. The average molecular weight is 1610 g/mol. The van der Waals surface area contributed by atoms with Gasteiger partial charge in [0.25, 0.3) is 0 Å². The molecule has 8 rings (SSSR count). The Morgan fingerprint density at radius 3 is 1.35 bits per heavy atom. The molecule has 4 aromatic heterocycles. The van der Waals surface area contributed by atoms with Crippen LogP contribution in [0.3, 0.4) is 0 Å². The number of H-pyrrole nitrogens is 4. The summed E-state index contributed by atoms with van der Waals surface area (Å²) in [5.41, 5.74) is 14.2. The minimum absolute atomic E-state index is 0.0175. The summed E-state index contributed by atoms with van der Waals surface area (Å²) in [7, 11) is 0. The van der Waals surface area contributed by atoms with Crippen LogP contribution in [-0.4, -0.2) is 270 Å². The van der Waals surface area contributed by atoms with E-state index in [1.807, 2.05) is 0 Å². The maximum absolute atomic E-state index is 15.1. The molecule has 2 aliphatic heterocycles. The SMILES string of the molecule is CC(C)C[C@H](NC(=O)[C@@H](N)Cc1ccccc1)C(=O)N[C@@H](CO)C(=O)N[C@@H](CCC(N)=O)C(=O)NCC(=O)N[C@@H](CO)C(=O)N[C@@H](C)C(=O)N1CCC[C@H]1C(=O)N[C@@H](Cc1ccc(O)cc1)C(=O)N1CCC[C@H]1C(=O)N[C@@H](Cc1cnc[nH]1)C(=O)N[C@@H](Cc1cnc[nH]1)C(=O)N[C@@H](Cc1cnc[nH]1)C(=O)N[C@@H](Cc1cnc[nH]1)C(=O)O. The van der Waals surface area contributed by atoms with Crippen molar-refractivity contribution in [2.75, 3.05) is 32.8 Å². The predicted octanol–water partition coefficient (Wildman–Crippen LogP) is -6.29. The molecule has 2 aliphatic rings. The van der Waals surface area contributed by atoms with Crippen LogP contribution in [0, 0.1) is 5.92 Å². The summed E-state index contributed by atoms with van der Waals surface area (Å²) in [6, 6.07) is -4.14. The molecule has 6 heterocycles. The van der Waals surface area contributed by atoms with Gasteiger partial charge in [0, 0.05) is 99.2 Å². The van der Waals surface area contributed by atoms with Crippen LogP contribution in [0.15, 0.2) is 105 Å². The maximum Gasteiger partial charge on any atom is 0.326 e. The Kier molecular flexibility index (Phi) is 33.1. The standard InChI is InChI=1S/C74H99N23O19/c1-39(2)21-50(89-62(103)48(75)22-41-9-5-4-6-10-41)64(105)95-57(34-99)69(110)88-49(17-18-60(76)101)63(104)81-32-61(102)87-56(33-98)68(109)86-40(3)72(113)96-19-7-11-58(96)71(112)93-54(23-42-13-15-47(100)16-14-42)73(114)97-20-8-12-59(97)70(111)92-53(26-45-30-79-37-84-45)66(107)90-51(24-43-28-77-35-82-43)65(106)91-52(25-44-29-78-36-83-44)67(108)94-55(74(115)116)27-46-31-80-38-85-46/h4-6,9-10,13-16,28-31,35-40,48-59,98-100H,7-8,11-12,17-27,32-34,75H2,1-3H3,(H2,76,101)(H,77,82)(H,78,83)(H,79,84)(H,80,85)(H,81,104)(H,86,109)(H,87,102)(H,88,110)(H,89,103)(H,90,107)(H,91,106)(H,92,111)(H,93,112)(H,94,108)(H,95,105)(H,115,116)/t40-,48-,49-,50-,51-,52-,53-,54-,55-,56-,57-,58-,59-/m0/s1. The largest absolute Gasteiger partial charge is 0.508 e. The van der Waals surface area contributed by atoms with E-state index in [4.69, 9.17) is 11.5 Å². The second-order valence-corrected chi connectivity index (χ2v) is 28.6. The molecule has 42 nitrogen and oxygen atoms in total. The number of aromatic hydroxyl groups is 1. The number of carbonyl (C=O) groups excluding carboxylic acids is 14. The summed E-state index contributed by atoms with van der Waals surface area (Å²) in [5, 5.41) is 68.3. The zero-order valence-electron chi connectivity index (χ0n) is 63.9. The number of aromatic nitrogens is 8. The number of imidazole rings is 4. The van der Waals surface area contributed by atoms with Gasteiger partial charge in [-0.15, -0.1) is 0 Å². The number of aliphatic hydroxyl groups excluding tert-OH is 2. The summed E-state index contributed by atoms with van der Waals surface area (Å²) in [5.74, 6) is -14.4. The molecule has 2 saturated heterocycles. The Balaban J connectivity index is 0.887. The Bertz CT molecular complexity index is 4320. The number of benzene rings is 2. The van der Waals surface area contributed by atoms with Gasteiger partial charge in [-0.25, -0.2) is 24.7 Å². The molecular weight excluding hydrogens is 1510 g/mol. The molecule has 13 atom stereocenters. The van der Waals surface area contributed by atoms with Gasteiger partial charge < -0.3 is 120 Å². The highest BCUT2D eigenvalue weighted by Crippen LogP contribution is 2.24. The number of phenolic OH excluding ortho intramolecular Hbond substituents is 1. The number of carboxylic acids is 1. The van der Waals surface area contributed by atoms with Gasteiger partial charge in [-0.1, -0.05) is 56.3 Å². The molecule has 6 aromatic rings. The number of nitrogens with zero attached hydrogens (tertiary/aromatic N) is 6. The number of aliphatic carboxylic acids is 1. The fourth-order valence-corrected chi connectivity index (χ4v) is 13.1. The average Bonchev–Trinajstić information content (AvgIpc) is 1.62. The van der Waals surface area contributed by atoms with Crippen LogP contribution in [-0.2, 0) is 110 Å². The molecule has 0 bridgehead atoms. The number of hydrogen-bond donors (Lipinski definition) is 21. The Morgan fingerprint density at radius 2 is 0.879 bits per heavy atom. The van der Waals surface area contributed by atoms with E-state index in [0.29, 0.717) is 28.3 Å². The highest BCUT2D eigenvalue weighted by molar-refractivity contribution is 6.00. The Hall–Kier alpha value is -13.0. The van der Waals surface area contributed by atoms with Crippen LogP contribution in [0.2, 0.25) is 0 Å². The maximum atomic E-state index is 15.1. The van der Waals surface area contributed by atoms with Gasteiger partial charge in [-0.2, -0.15) is 0 Å². The summed E-state index contributed by atoms with van der Waals surface area (Å²) >= 11 is 0. The first-order chi connectivity index (χ1) is 55.5. The zero-order chi connectivity index (χ0) is 84.1. The van der Waals surface area contributed by atoms with Crippen LogP contribution < -0.4 is 70.0 Å². The molecule has 42 heteroatoms. The van der Waals surface area contributed by atoms with Crippen LogP contribution in [0.5, 0.6) is 5.75 Å². The van der Waals surface area contributed by atoms with Gasteiger partial charge in [-0.05, 0) is 81.0 Å². The fraction of sp³-hybridized carbons (Fsp3) is 0.473. The quantitative estimate of drug-likeness (QED) is 0.0169. The van der Waals surface area contributed by atoms with Crippen molar-refractivity contribution in [2.24, 2.45) is 17.4 Å². The Morgan fingerprint density at radius 1 is 0.466 bits per heavy atom. The highest BCUT2D eigenvalue weighted by Gasteiger charge is 2.44. The molecule has 0 unspecified atom stereocenters. The second-order valence-electron chi connectivity index (χ2n) is 28.6. The summed E-state index contributed by atoms with van der Waals surface area (Å²) < 4.78 is 0. The zero-order valence-corrected chi connectivity index (χ0v) is 63.9. The monoisotopic (exact) mass is 1610 g/mol. The fourth-order valence-electron chi connectivity index (χ4n) is 13.1. The number of hydrogen-bond acceptors (Lipinski definition) is 23. The van der Waals surface area contributed by atoms with Gasteiger partial charge in [-0.3, -0.25) is 67.1 Å². The highest BCUT2D eigenvalue weighted by atomic mass is 16.4. The van der Waals surface area contributed by atoms with Gasteiger partial charge in [0.05, 0.1) is 51.1 Å². The van der Waals surface area contributed by atoms with E-state index in [1.165, 1.54) is 91.1 Å². The van der Waals surface area contributed by atoms with E-state index in [1.54, 1.807) is 44.2 Å². The van der Waals surface area contributed by atoms with Gasteiger partial charge in [0.1, 0.15) is 78.3 Å². The minimum atomic E-state index is -1.76. The number of rotatable bonds is 44. The number of aromatic amines is 4. The van der Waals surface area contributed by atoms with Crippen LogP contribution >= 0.6 is 0 Å². The molecule has 2 fully saturated rings. The number of carboxylic acid groups (broad SMARTS) is 1. The first-order valence-corrected chi connectivity index (χ1v) is 37.6. The topological polar surface area (TPSA) is 643 Å². The second kappa shape index (κ2) is 43.3. The number of primary amides is 1. The number of amides is 14. The summed E-state index contributed by atoms with van der Waals surface area (Å²) in [4.78, 5) is 237. The number of nitrogens with one attached hydrogen (secondary N) is 15. The third-order valence-corrected chi connectivity index (χ3v) is 19.2. The van der Waals surface area contributed by atoms with E-state index >= 15 is 4.79 Å². The summed E-state index contributed by atoms with van der Waals surface area (Å²) in [6.45, 7) is 1.83. The van der Waals surface area contributed by atoms with Crippen molar-refractivity contribution in [3.05, 3.63) is 139 Å². The lowest BCUT2D eigenvalue weighted by Crippen LogP contribution is -2.61. The molecule has 23 N–H and O–H groups in total. The lowest BCUT2D eigenvalue weighted by molar-refractivity contribution is -0.144. The van der Waals surface area contributed by atoms with E-state index in [-0.39, 0.29) is 95.4 Å². The molecular formula is C74H99N23O19. The predicted molar refractivity (Wildman–Crippen MR) is 406 cm³/mol. The van der Waals surface area contributed by atoms with E-state index in [2.05, 4.69) is 98.4 Å². The van der Waals surface area contributed by atoms with Gasteiger partial charge in [0.2, 0.25) is 82.7 Å². The third kappa shape index (κ3) is 26.6. The molecule has 0 radical (unpaired) electrons.